The summed E-state index contributed by atoms with van der Waals surface area (Å²) in [5.74, 6) is 1.10. The highest BCUT2D eigenvalue weighted by Crippen LogP contribution is 2.25. The molecule has 0 bridgehead atoms. The molecule has 0 spiro atoms. The molecule has 1 aromatic heterocycles. The third kappa shape index (κ3) is 4.08. The number of nitrogens with one attached hydrogen (secondary N) is 1. The van der Waals surface area contributed by atoms with Crippen molar-refractivity contribution in [1.82, 2.24) is 4.98 Å². The van der Waals surface area contributed by atoms with Gasteiger partial charge in [0.05, 0.1) is 7.11 Å². The van der Waals surface area contributed by atoms with Gasteiger partial charge in [0.15, 0.2) is 0 Å². The van der Waals surface area contributed by atoms with Gasteiger partial charge in [0.25, 0.3) is 0 Å². The Bertz CT molecular complexity index is 628. The topological polar surface area (TPSA) is 71.5 Å². The Kier molecular flexibility index (Phi) is 4.98. The molecule has 0 aliphatic carbocycles. The summed E-state index contributed by atoms with van der Waals surface area (Å²) in [6, 6.07) is 7.82. The van der Waals surface area contributed by atoms with Gasteiger partial charge in [0, 0.05) is 24.5 Å². The summed E-state index contributed by atoms with van der Waals surface area (Å²) >= 11 is 0. The second-order valence-corrected chi connectivity index (χ2v) is 5.17. The lowest BCUT2D eigenvalue weighted by Crippen LogP contribution is -2.13. The molecule has 0 saturated carbocycles. The Balaban J connectivity index is 2.09. The maximum atomic E-state index is 10.6. The van der Waals surface area contributed by atoms with E-state index in [1.54, 1.807) is 13.3 Å². The second-order valence-electron chi connectivity index (χ2n) is 5.17. The Hall–Kier alpha value is -2.30. The third-order valence-electron chi connectivity index (χ3n) is 3.44. The van der Waals surface area contributed by atoms with Crippen LogP contribution in [0.1, 0.15) is 19.8 Å². The van der Waals surface area contributed by atoms with E-state index in [1.807, 2.05) is 31.2 Å². The van der Waals surface area contributed by atoms with Crippen LogP contribution >= 0.6 is 0 Å². The van der Waals surface area contributed by atoms with Crippen LogP contribution in [0.2, 0.25) is 0 Å². The summed E-state index contributed by atoms with van der Waals surface area (Å²) in [5, 5.41) is 14.1. The summed E-state index contributed by atoms with van der Waals surface area (Å²) in [4.78, 5) is 14.9. The average Bonchev–Trinajstić information content (AvgIpc) is 2.50. The van der Waals surface area contributed by atoms with Gasteiger partial charge in [-0.3, -0.25) is 4.79 Å². The minimum atomic E-state index is -0.755. The van der Waals surface area contributed by atoms with Gasteiger partial charge in [-0.05, 0) is 35.9 Å². The number of fused-ring (bicyclic) bond motifs is 1. The number of aromatic nitrogens is 1. The highest BCUT2D eigenvalue weighted by atomic mass is 16.5. The van der Waals surface area contributed by atoms with Gasteiger partial charge >= 0.3 is 5.97 Å². The molecular formula is C16H20N2O3. The number of carboxylic acid groups (broad SMARTS) is 1. The first-order chi connectivity index (χ1) is 10.1. The molecule has 1 heterocycles. The van der Waals surface area contributed by atoms with Gasteiger partial charge < -0.3 is 15.2 Å². The van der Waals surface area contributed by atoms with Crippen LogP contribution in [0.3, 0.4) is 0 Å². The minimum Gasteiger partial charge on any atom is -0.497 e. The van der Waals surface area contributed by atoms with E-state index >= 15 is 0 Å². The summed E-state index contributed by atoms with van der Waals surface area (Å²) in [6.07, 6.45) is 2.61. The number of methoxy groups -OCH3 is 1. The largest absolute Gasteiger partial charge is 0.497 e. The van der Waals surface area contributed by atoms with E-state index in [4.69, 9.17) is 9.84 Å². The molecule has 0 saturated heterocycles. The molecule has 0 fully saturated rings. The van der Waals surface area contributed by atoms with Crippen LogP contribution in [-0.4, -0.2) is 29.7 Å². The number of pyridine rings is 1. The van der Waals surface area contributed by atoms with Gasteiger partial charge in [-0.1, -0.05) is 13.0 Å². The molecule has 2 rings (SSSR count). The Morgan fingerprint density at radius 2 is 2.24 bits per heavy atom. The number of hydrogen-bond acceptors (Lipinski definition) is 4. The number of carboxylic acids is 1. The fourth-order valence-electron chi connectivity index (χ4n) is 2.16. The van der Waals surface area contributed by atoms with Gasteiger partial charge in [0.1, 0.15) is 11.6 Å². The van der Waals surface area contributed by atoms with Crippen molar-refractivity contribution in [2.75, 3.05) is 19.0 Å². The van der Waals surface area contributed by atoms with Crippen molar-refractivity contribution in [3.8, 4) is 5.75 Å². The van der Waals surface area contributed by atoms with Gasteiger partial charge in [-0.25, -0.2) is 4.98 Å². The van der Waals surface area contributed by atoms with Crippen molar-refractivity contribution in [2.24, 2.45) is 5.92 Å². The first kappa shape index (κ1) is 15.1. The van der Waals surface area contributed by atoms with Crippen molar-refractivity contribution in [3.63, 3.8) is 0 Å². The number of benzene rings is 1. The van der Waals surface area contributed by atoms with E-state index in [1.165, 1.54) is 0 Å². The number of aliphatic carboxylic acids is 1. The number of nitrogens with zero attached hydrogens (tertiary/aromatic N) is 1. The predicted octanol–water partition coefficient (Wildman–Crippen LogP) is 3.16. The number of hydrogen-bond donors (Lipinski definition) is 2. The predicted molar refractivity (Wildman–Crippen MR) is 82.8 cm³/mol. The van der Waals surface area contributed by atoms with Crippen molar-refractivity contribution < 1.29 is 14.6 Å². The number of rotatable bonds is 7. The molecule has 1 unspecified atom stereocenters. The SMILES string of the molecule is COc1ccc2ccnc(NCC(C)CCC(=O)O)c2c1. The first-order valence-electron chi connectivity index (χ1n) is 6.98. The molecule has 112 valence electrons. The molecule has 0 radical (unpaired) electrons. The molecule has 0 aliphatic rings. The number of anilines is 1. The maximum Gasteiger partial charge on any atom is 0.303 e. The van der Waals surface area contributed by atoms with E-state index in [-0.39, 0.29) is 12.3 Å². The van der Waals surface area contributed by atoms with Crippen LogP contribution in [0.15, 0.2) is 30.5 Å². The van der Waals surface area contributed by atoms with Gasteiger partial charge in [0.2, 0.25) is 0 Å². The third-order valence-corrected chi connectivity index (χ3v) is 3.44. The molecule has 21 heavy (non-hydrogen) atoms. The first-order valence-corrected chi connectivity index (χ1v) is 6.98. The van der Waals surface area contributed by atoms with E-state index in [2.05, 4.69) is 10.3 Å². The van der Waals surface area contributed by atoms with Gasteiger partial charge in [-0.15, -0.1) is 0 Å². The molecule has 2 aromatic rings. The van der Waals surface area contributed by atoms with Crippen molar-refractivity contribution in [2.45, 2.75) is 19.8 Å². The van der Waals surface area contributed by atoms with E-state index in [0.717, 1.165) is 22.3 Å². The Labute approximate surface area is 124 Å². The second kappa shape index (κ2) is 6.92. The molecule has 1 atom stereocenters. The van der Waals surface area contributed by atoms with Crippen LogP contribution in [-0.2, 0) is 4.79 Å². The Morgan fingerprint density at radius 1 is 1.43 bits per heavy atom. The highest BCUT2D eigenvalue weighted by molar-refractivity contribution is 5.92. The van der Waals surface area contributed by atoms with Crippen LogP contribution in [0, 0.1) is 5.92 Å². The summed E-state index contributed by atoms with van der Waals surface area (Å²) in [6.45, 7) is 2.72. The molecule has 1 aromatic carbocycles. The molecule has 0 aliphatic heterocycles. The van der Waals surface area contributed by atoms with E-state index < -0.39 is 5.97 Å². The van der Waals surface area contributed by atoms with Gasteiger partial charge in [-0.2, -0.15) is 0 Å². The van der Waals surface area contributed by atoms with Crippen LogP contribution in [0.25, 0.3) is 10.8 Å². The van der Waals surface area contributed by atoms with Crippen LogP contribution in [0.5, 0.6) is 5.75 Å². The maximum absolute atomic E-state index is 10.6. The van der Waals surface area contributed by atoms with Crippen molar-refractivity contribution in [1.29, 1.82) is 0 Å². The lowest BCUT2D eigenvalue weighted by Gasteiger charge is -2.14. The molecule has 2 N–H and O–H groups in total. The molecule has 5 heteroatoms. The molecule has 5 nitrogen and oxygen atoms in total. The van der Waals surface area contributed by atoms with Crippen molar-refractivity contribution in [3.05, 3.63) is 30.5 Å². The van der Waals surface area contributed by atoms with Crippen LogP contribution in [0.4, 0.5) is 5.82 Å². The average molecular weight is 288 g/mol. The number of ether oxygens (including phenoxy) is 1. The fraction of sp³-hybridized carbons (Fsp3) is 0.375. The fourth-order valence-corrected chi connectivity index (χ4v) is 2.16. The summed E-state index contributed by atoms with van der Waals surface area (Å²) in [5.41, 5.74) is 0. The van der Waals surface area contributed by atoms with E-state index in [9.17, 15) is 4.79 Å². The normalized spacial score (nSPS) is 12.1. The quantitative estimate of drug-likeness (QED) is 0.819. The zero-order valence-electron chi connectivity index (χ0n) is 12.3. The monoisotopic (exact) mass is 288 g/mol. The van der Waals surface area contributed by atoms with Crippen molar-refractivity contribution >= 4 is 22.6 Å². The highest BCUT2D eigenvalue weighted by Gasteiger charge is 2.08. The van der Waals surface area contributed by atoms with E-state index in [0.29, 0.717) is 13.0 Å². The molecule has 0 amide bonds. The lowest BCUT2D eigenvalue weighted by molar-refractivity contribution is -0.137. The zero-order valence-corrected chi connectivity index (χ0v) is 12.3. The standard InChI is InChI=1S/C16H20N2O3/c1-11(3-6-15(19)20)10-18-16-14-9-13(21-2)5-4-12(14)7-8-17-16/h4-5,7-9,11H,3,6,10H2,1-2H3,(H,17,18)(H,19,20). The van der Waals surface area contributed by atoms with Crippen LogP contribution < -0.4 is 10.1 Å². The minimum absolute atomic E-state index is 0.194. The zero-order chi connectivity index (χ0) is 15.2. The smallest absolute Gasteiger partial charge is 0.303 e. The number of carbonyl (C=O) groups is 1. The molecular weight excluding hydrogens is 268 g/mol. The summed E-state index contributed by atoms with van der Waals surface area (Å²) in [7, 11) is 1.64. The summed E-state index contributed by atoms with van der Waals surface area (Å²) < 4.78 is 5.25. The Morgan fingerprint density at radius 3 is 2.95 bits per heavy atom. The lowest BCUT2D eigenvalue weighted by atomic mass is 10.1.